The number of amides is 1. The van der Waals surface area contributed by atoms with E-state index in [0.29, 0.717) is 13.1 Å². The predicted octanol–water partition coefficient (Wildman–Crippen LogP) is -1.50. The van der Waals surface area contributed by atoms with Gasteiger partial charge in [-0.1, -0.05) is 0 Å². The molecule has 0 radical (unpaired) electrons. The van der Waals surface area contributed by atoms with Crippen LogP contribution in [0.15, 0.2) is 0 Å². The minimum Gasteiger partial charge on any atom is -0.395 e. The Kier molecular flexibility index (Phi) is 4.31. The normalized spacial score (nSPS) is 19.0. The molecule has 0 spiro atoms. The molecule has 0 saturated carbocycles. The van der Waals surface area contributed by atoms with Crippen LogP contribution in [0.5, 0.6) is 0 Å². The summed E-state index contributed by atoms with van der Waals surface area (Å²) in [5.74, 6) is 0.0918. The summed E-state index contributed by atoms with van der Waals surface area (Å²) in [6.07, 6.45) is 0. The summed E-state index contributed by atoms with van der Waals surface area (Å²) in [6.45, 7) is 4.33. The fourth-order valence-corrected chi connectivity index (χ4v) is 1.69. The van der Waals surface area contributed by atoms with E-state index in [1.54, 1.807) is 11.8 Å². The van der Waals surface area contributed by atoms with Gasteiger partial charge in [0.2, 0.25) is 5.91 Å². The maximum absolute atomic E-state index is 11.0. The third-order valence-corrected chi connectivity index (χ3v) is 2.70. The van der Waals surface area contributed by atoms with Crippen molar-refractivity contribution in [2.45, 2.75) is 13.0 Å². The molecular weight excluding hydrogens is 184 g/mol. The summed E-state index contributed by atoms with van der Waals surface area (Å²) in [5.41, 5.74) is 0. The van der Waals surface area contributed by atoms with Crippen molar-refractivity contribution in [3.05, 3.63) is 0 Å². The van der Waals surface area contributed by atoms with Crippen molar-refractivity contribution in [2.24, 2.45) is 0 Å². The maximum Gasteiger partial charge on any atom is 0.219 e. The van der Waals surface area contributed by atoms with E-state index < -0.39 is 0 Å². The van der Waals surface area contributed by atoms with Crippen LogP contribution in [0.2, 0.25) is 0 Å². The van der Waals surface area contributed by atoms with Gasteiger partial charge in [0.25, 0.3) is 0 Å². The lowest BCUT2D eigenvalue weighted by molar-refractivity contribution is -0.131. The molecule has 1 aliphatic rings. The first kappa shape index (κ1) is 11.4. The number of carbonyl (C=O) groups is 1. The molecule has 0 bridgehead atoms. The van der Waals surface area contributed by atoms with Crippen molar-refractivity contribution >= 4 is 5.91 Å². The van der Waals surface area contributed by atoms with Crippen LogP contribution in [-0.4, -0.2) is 71.4 Å². The van der Waals surface area contributed by atoms with Gasteiger partial charge in [0.15, 0.2) is 0 Å². The van der Waals surface area contributed by atoms with E-state index in [1.807, 2.05) is 4.90 Å². The van der Waals surface area contributed by atoms with Gasteiger partial charge in [-0.2, -0.15) is 0 Å². The van der Waals surface area contributed by atoms with Gasteiger partial charge in [-0.3, -0.25) is 9.69 Å². The van der Waals surface area contributed by atoms with Gasteiger partial charge in [0.05, 0.1) is 19.3 Å². The first-order valence-corrected chi connectivity index (χ1v) is 4.90. The lowest BCUT2D eigenvalue weighted by Crippen LogP contribution is -2.53. The van der Waals surface area contributed by atoms with E-state index in [9.17, 15) is 4.79 Å². The maximum atomic E-state index is 11.0. The number of piperazine rings is 1. The fraction of sp³-hybridized carbons (Fsp3) is 0.889. The predicted molar refractivity (Wildman–Crippen MR) is 51.8 cm³/mol. The van der Waals surface area contributed by atoms with Gasteiger partial charge in [-0.05, 0) is 0 Å². The molecule has 1 heterocycles. The molecule has 1 aliphatic heterocycles. The van der Waals surface area contributed by atoms with Crippen LogP contribution >= 0.6 is 0 Å². The first-order valence-electron chi connectivity index (χ1n) is 4.90. The van der Waals surface area contributed by atoms with Gasteiger partial charge in [0, 0.05) is 33.1 Å². The highest BCUT2D eigenvalue weighted by Gasteiger charge is 2.23. The quantitative estimate of drug-likeness (QED) is 0.585. The number of carbonyl (C=O) groups excluding carboxylic acids is 1. The fourth-order valence-electron chi connectivity index (χ4n) is 1.69. The Hall–Kier alpha value is -0.650. The van der Waals surface area contributed by atoms with Gasteiger partial charge in [0.1, 0.15) is 0 Å². The highest BCUT2D eigenvalue weighted by atomic mass is 16.3. The van der Waals surface area contributed by atoms with E-state index in [4.69, 9.17) is 10.2 Å². The molecule has 0 aromatic heterocycles. The van der Waals surface area contributed by atoms with Crippen LogP contribution in [0.1, 0.15) is 6.92 Å². The average molecular weight is 202 g/mol. The number of nitrogens with zero attached hydrogens (tertiary/aromatic N) is 2. The number of rotatable bonds is 3. The van der Waals surface area contributed by atoms with E-state index in [0.717, 1.165) is 13.1 Å². The average Bonchev–Trinajstić information content (AvgIpc) is 2.20. The molecule has 0 unspecified atom stereocenters. The second-order valence-electron chi connectivity index (χ2n) is 3.56. The van der Waals surface area contributed by atoms with Crippen LogP contribution in [0.3, 0.4) is 0 Å². The summed E-state index contributed by atoms with van der Waals surface area (Å²) >= 11 is 0. The Bertz CT molecular complexity index is 186. The second kappa shape index (κ2) is 5.29. The van der Waals surface area contributed by atoms with Crippen LogP contribution in [0.25, 0.3) is 0 Å². The minimum absolute atomic E-state index is 0.0312. The van der Waals surface area contributed by atoms with E-state index in [2.05, 4.69) is 0 Å². The Labute approximate surface area is 83.9 Å². The Morgan fingerprint density at radius 3 is 2.07 bits per heavy atom. The van der Waals surface area contributed by atoms with E-state index in [1.165, 1.54) is 0 Å². The highest BCUT2D eigenvalue weighted by Crippen LogP contribution is 2.05. The Balaban J connectivity index is 2.38. The molecule has 0 atom stereocenters. The molecule has 5 heteroatoms. The molecular formula is C9H18N2O3. The monoisotopic (exact) mass is 202 g/mol. The third-order valence-electron chi connectivity index (χ3n) is 2.70. The molecule has 0 aromatic carbocycles. The summed E-state index contributed by atoms with van der Waals surface area (Å²) in [6, 6.07) is -0.177. The zero-order valence-electron chi connectivity index (χ0n) is 8.52. The molecule has 82 valence electrons. The topological polar surface area (TPSA) is 64.0 Å². The van der Waals surface area contributed by atoms with Crippen LogP contribution in [-0.2, 0) is 4.79 Å². The lowest BCUT2D eigenvalue weighted by Gasteiger charge is -2.37. The van der Waals surface area contributed by atoms with Crippen molar-refractivity contribution in [3.8, 4) is 0 Å². The summed E-state index contributed by atoms with van der Waals surface area (Å²) in [5, 5.41) is 17.9. The van der Waals surface area contributed by atoms with Crippen LogP contribution < -0.4 is 0 Å². The Morgan fingerprint density at radius 2 is 1.71 bits per heavy atom. The van der Waals surface area contributed by atoms with E-state index in [-0.39, 0.29) is 25.2 Å². The smallest absolute Gasteiger partial charge is 0.219 e. The molecule has 1 amide bonds. The summed E-state index contributed by atoms with van der Waals surface area (Å²) in [4.78, 5) is 14.8. The zero-order chi connectivity index (χ0) is 10.6. The number of aliphatic hydroxyl groups is 2. The number of hydrogen-bond acceptors (Lipinski definition) is 4. The molecule has 1 fully saturated rings. The largest absolute Gasteiger partial charge is 0.395 e. The molecule has 14 heavy (non-hydrogen) atoms. The van der Waals surface area contributed by atoms with Crippen molar-refractivity contribution in [1.82, 2.24) is 9.80 Å². The summed E-state index contributed by atoms with van der Waals surface area (Å²) in [7, 11) is 0. The molecule has 0 aromatic rings. The minimum atomic E-state index is -0.177. The van der Waals surface area contributed by atoms with Gasteiger partial charge >= 0.3 is 0 Å². The summed E-state index contributed by atoms with van der Waals surface area (Å²) < 4.78 is 0. The van der Waals surface area contributed by atoms with Gasteiger partial charge in [-0.25, -0.2) is 0 Å². The van der Waals surface area contributed by atoms with Crippen molar-refractivity contribution < 1.29 is 15.0 Å². The molecule has 2 N–H and O–H groups in total. The third kappa shape index (κ3) is 2.67. The van der Waals surface area contributed by atoms with Gasteiger partial charge < -0.3 is 15.1 Å². The first-order chi connectivity index (χ1) is 6.69. The van der Waals surface area contributed by atoms with Crippen LogP contribution in [0, 0.1) is 0 Å². The van der Waals surface area contributed by atoms with Crippen molar-refractivity contribution in [2.75, 3.05) is 39.4 Å². The van der Waals surface area contributed by atoms with Crippen molar-refractivity contribution in [1.29, 1.82) is 0 Å². The Morgan fingerprint density at radius 1 is 1.21 bits per heavy atom. The number of hydrogen-bond donors (Lipinski definition) is 2. The number of aliphatic hydroxyl groups excluding tert-OH is 2. The van der Waals surface area contributed by atoms with E-state index >= 15 is 0 Å². The highest BCUT2D eigenvalue weighted by molar-refractivity contribution is 5.73. The second-order valence-corrected chi connectivity index (χ2v) is 3.56. The SMILES string of the molecule is CC(=O)N1CCN(C(CO)CO)CC1. The molecule has 5 nitrogen and oxygen atoms in total. The van der Waals surface area contributed by atoms with Crippen LogP contribution in [0.4, 0.5) is 0 Å². The molecule has 0 aliphatic carbocycles. The standard InChI is InChI=1S/C9H18N2O3/c1-8(14)10-2-4-11(5-3-10)9(6-12)7-13/h9,12-13H,2-7H2,1H3. The zero-order valence-corrected chi connectivity index (χ0v) is 8.52. The molecule has 1 rings (SSSR count). The lowest BCUT2D eigenvalue weighted by atomic mass is 10.2. The molecule has 1 saturated heterocycles. The van der Waals surface area contributed by atoms with Gasteiger partial charge in [-0.15, -0.1) is 0 Å². The van der Waals surface area contributed by atoms with Crippen molar-refractivity contribution in [3.63, 3.8) is 0 Å².